The number of aromatic nitrogens is 1. The van der Waals surface area contributed by atoms with E-state index in [2.05, 4.69) is 11.6 Å². The van der Waals surface area contributed by atoms with Crippen LogP contribution in [0.1, 0.15) is 29.5 Å². The molecule has 0 radical (unpaired) electrons. The molecule has 0 saturated carbocycles. The van der Waals surface area contributed by atoms with Crippen molar-refractivity contribution in [1.29, 1.82) is 5.26 Å². The normalized spacial score (nSPS) is 16.4. The lowest BCUT2D eigenvalue weighted by atomic mass is 9.83. The number of nitrogens with zero attached hydrogens (tertiary/aromatic N) is 1. The molecule has 7 heteroatoms. The molecule has 1 aromatic carbocycles. The molecule has 1 aromatic heterocycles. The van der Waals surface area contributed by atoms with Crippen LogP contribution in [0, 0.1) is 25.2 Å². The van der Waals surface area contributed by atoms with Crippen molar-refractivity contribution in [2.24, 2.45) is 5.73 Å². The van der Waals surface area contributed by atoms with Gasteiger partial charge in [0.15, 0.2) is 0 Å². The van der Waals surface area contributed by atoms with Gasteiger partial charge >= 0.3 is 5.97 Å². The van der Waals surface area contributed by atoms with Crippen molar-refractivity contribution < 1.29 is 14.3 Å². The third-order valence-electron chi connectivity index (χ3n) is 5.05. The van der Waals surface area contributed by atoms with Crippen LogP contribution in [0.4, 0.5) is 0 Å². The first kappa shape index (κ1) is 20.0. The molecule has 2 heterocycles. The molecule has 1 atom stereocenters. The number of rotatable bonds is 4. The van der Waals surface area contributed by atoms with Gasteiger partial charge in [-0.2, -0.15) is 5.26 Å². The van der Waals surface area contributed by atoms with Crippen molar-refractivity contribution >= 4 is 16.9 Å². The number of allylic oxidation sites excluding steroid dienone is 2. The Kier molecular flexibility index (Phi) is 5.29. The van der Waals surface area contributed by atoms with Crippen molar-refractivity contribution in [3.8, 4) is 6.07 Å². The Morgan fingerprint density at radius 3 is 2.79 bits per heavy atom. The fraction of sp³-hybridized carbons (Fsp3) is 0.227. The number of carbonyl (C=O) groups is 1. The summed E-state index contributed by atoms with van der Waals surface area (Å²) in [7, 11) is 0. The van der Waals surface area contributed by atoms with Gasteiger partial charge < -0.3 is 20.2 Å². The number of H-pyrrole nitrogens is 1. The summed E-state index contributed by atoms with van der Waals surface area (Å²) in [6.45, 7) is 8.92. The molecule has 29 heavy (non-hydrogen) atoms. The summed E-state index contributed by atoms with van der Waals surface area (Å²) in [6, 6.07) is 7.47. The van der Waals surface area contributed by atoms with Crippen LogP contribution < -0.4 is 11.3 Å². The second kappa shape index (κ2) is 7.68. The molecule has 148 valence electrons. The van der Waals surface area contributed by atoms with E-state index < -0.39 is 17.4 Å². The minimum atomic E-state index is -0.999. The van der Waals surface area contributed by atoms with E-state index in [0.29, 0.717) is 5.52 Å². The number of fused-ring (bicyclic) bond motifs is 1. The van der Waals surface area contributed by atoms with Crippen molar-refractivity contribution in [3.63, 3.8) is 0 Å². The van der Waals surface area contributed by atoms with Gasteiger partial charge in [-0.15, -0.1) is 0 Å². The molecule has 0 bridgehead atoms. The average Bonchev–Trinajstić information content (AvgIpc) is 2.68. The van der Waals surface area contributed by atoms with Crippen molar-refractivity contribution in [2.75, 3.05) is 6.61 Å². The van der Waals surface area contributed by atoms with Gasteiger partial charge in [-0.25, -0.2) is 4.79 Å². The Bertz CT molecular complexity index is 1190. The number of esters is 1. The number of nitrogens with one attached hydrogen (secondary N) is 1. The maximum atomic E-state index is 13.0. The zero-order valence-electron chi connectivity index (χ0n) is 16.5. The third kappa shape index (κ3) is 3.41. The minimum Gasteiger partial charge on any atom is -0.458 e. The smallest absolute Gasteiger partial charge is 0.338 e. The minimum absolute atomic E-state index is 0.0179. The molecule has 1 unspecified atom stereocenters. The van der Waals surface area contributed by atoms with Crippen LogP contribution >= 0.6 is 0 Å². The van der Waals surface area contributed by atoms with E-state index in [4.69, 9.17) is 15.2 Å². The maximum Gasteiger partial charge on any atom is 0.338 e. The van der Waals surface area contributed by atoms with E-state index in [0.717, 1.165) is 16.5 Å². The summed E-state index contributed by atoms with van der Waals surface area (Å²) in [4.78, 5) is 28.6. The SMILES string of the molecule is C=CCOC(=O)C1=C(C)OC(N)=C(C#N)C1c1cc2ccc(C)c(C)c2[nH]c1=O. The molecule has 0 amide bonds. The highest BCUT2D eigenvalue weighted by Crippen LogP contribution is 2.39. The Morgan fingerprint density at radius 2 is 2.14 bits per heavy atom. The molecule has 0 spiro atoms. The Labute approximate surface area is 167 Å². The zero-order chi connectivity index (χ0) is 21.3. The number of ether oxygens (including phenoxy) is 2. The summed E-state index contributed by atoms with van der Waals surface area (Å²) in [5, 5.41) is 10.4. The number of nitrogens with two attached hydrogens (primary N) is 1. The molecule has 2 aromatic rings. The second-order valence-corrected chi connectivity index (χ2v) is 6.81. The van der Waals surface area contributed by atoms with Crippen LogP contribution in [0.5, 0.6) is 0 Å². The van der Waals surface area contributed by atoms with Gasteiger partial charge in [0.1, 0.15) is 24.0 Å². The van der Waals surface area contributed by atoms with Crippen molar-refractivity contribution in [2.45, 2.75) is 26.7 Å². The number of benzene rings is 1. The van der Waals surface area contributed by atoms with E-state index in [1.54, 1.807) is 13.0 Å². The molecular weight excluding hydrogens is 370 g/mol. The fourth-order valence-corrected chi connectivity index (χ4v) is 3.43. The fourth-order valence-electron chi connectivity index (χ4n) is 3.43. The molecule has 0 saturated heterocycles. The van der Waals surface area contributed by atoms with E-state index in [-0.39, 0.29) is 35.0 Å². The van der Waals surface area contributed by atoms with Crippen LogP contribution in [0.15, 0.2) is 58.4 Å². The Balaban J connectivity index is 2.27. The number of hydrogen-bond donors (Lipinski definition) is 2. The van der Waals surface area contributed by atoms with Crippen LogP contribution in [0.3, 0.4) is 0 Å². The summed E-state index contributed by atoms with van der Waals surface area (Å²) in [5.74, 6) is -1.66. The topological polar surface area (TPSA) is 118 Å². The molecule has 1 aliphatic rings. The van der Waals surface area contributed by atoms with Crippen molar-refractivity contribution in [3.05, 3.63) is 80.7 Å². The first-order valence-corrected chi connectivity index (χ1v) is 8.99. The quantitative estimate of drug-likeness (QED) is 0.611. The van der Waals surface area contributed by atoms with Gasteiger partial charge in [0.05, 0.1) is 17.0 Å². The lowest BCUT2D eigenvalue weighted by molar-refractivity contribution is -0.138. The number of nitriles is 1. The highest BCUT2D eigenvalue weighted by atomic mass is 16.5. The van der Waals surface area contributed by atoms with Gasteiger partial charge in [-0.1, -0.05) is 24.8 Å². The number of pyridine rings is 1. The second-order valence-electron chi connectivity index (χ2n) is 6.81. The van der Waals surface area contributed by atoms with Gasteiger partial charge in [0.25, 0.3) is 5.56 Å². The monoisotopic (exact) mass is 391 g/mol. The molecule has 7 nitrogen and oxygen atoms in total. The Hall–Kier alpha value is -3.79. The lowest BCUT2D eigenvalue weighted by Crippen LogP contribution is -2.29. The molecule has 3 N–H and O–H groups in total. The summed E-state index contributed by atoms with van der Waals surface area (Å²) < 4.78 is 10.6. The number of carbonyl (C=O) groups excluding carboxylic acids is 1. The largest absolute Gasteiger partial charge is 0.458 e. The molecule has 0 fully saturated rings. The summed E-state index contributed by atoms with van der Waals surface area (Å²) >= 11 is 0. The first-order valence-electron chi connectivity index (χ1n) is 8.99. The Morgan fingerprint density at radius 1 is 1.41 bits per heavy atom. The first-order chi connectivity index (χ1) is 13.8. The zero-order valence-corrected chi connectivity index (χ0v) is 16.5. The molecule has 3 rings (SSSR count). The summed E-state index contributed by atoms with van der Waals surface area (Å²) in [5.41, 5.74) is 8.44. The summed E-state index contributed by atoms with van der Waals surface area (Å²) in [6.07, 6.45) is 1.43. The van der Waals surface area contributed by atoms with Crippen LogP contribution in [0.2, 0.25) is 0 Å². The highest BCUT2D eigenvalue weighted by molar-refractivity contribution is 5.93. The van der Waals surface area contributed by atoms with Gasteiger partial charge in [0, 0.05) is 5.56 Å². The molecule has 0 aliphatic carbocycles. The van der Waals surface area contributed by atoms with Crippen LogP contribution in [-0.4, -0.2) is 17.6 Å². The predicted molar refractivity (Wildman–Crippen MR) is 109 cm³/mol. The van der Waals surface area contributed by atoms with Gasteiger partial charge in [-0.05, 0) is 43.4 Å². The third-order valence-corrected chi connectivity index (χ3v) is 5.05. The number of aryl methyl sites for hydroxylation is 2. The van der Waals surface area contributed by atoms with E-state index in [1.165, 1.54) is 6.08 Å². The van der Waals surface area contributed by atoms with Crippen LogP contribution in [0.25, 0.3) is 10.9 Å². The standard InChI is InChI=1S/C22H21N3O4/c1-5-8-28-22(27)17-13(4)29-20(24)16(10-23)18(17)15-9-14-7-6-11(2)12(3)19(14)25-21(15)26/h5-7,9,18H,1,8,24H2,2-4H3,(H,25,26). The van der Waals surface area contributed by atoms with E-state index in [1.807, 2.05) is 32.0 Å². The lowest BCUT2D eigenvalue weighted by Gasteiger charge is -2.26. The van der Waals surface area contributed by atoms with Gasteiger partial charge in [0.2, 0.25) is 5.88 Å². The molecular formula is C22H21N3O4. The number of hydrogen-bond acceptors (Lipinski definition) is 6. The van der Waals surface area contributed by atoms with E-state index >= 15 is 0 Å². The van der Waals surface area contributed by atoms with Gasteiger partial charge in [-0.3, -0.25) is 4.79 Å². The molecule has 1 aliphatic heterocycles. The highest BCUT2D eigenvalue weighted by Gasteiger charge is 2.37. The van der Waals surface area contributed by atoms with Crippen molar-refractivity contribution in [1.82, 2.24) is 4.98 Å². The number of aromatic amines is 1. The maximum absolute atomic E-state index is 13.0. The predicted octanol–water partition coefficient (Wildman–Crippen LogP) is 2.96. The van der Waals surface area contributed by atoms with E-state index in [9.17, 15) is 14.9 Å². The average molecular weight is 391 g/mol. The van der Waals surface area contributed by atoms with Crippen LogP contribution in [-0.2, 0) is 14.3 Å².